The number of sulfonamides is 1. The van der Waals surface area contributed by atoms with E-state index in [0.29, 0.717) is 55.6 Å². The molecule has 1 heterocycles. The van der Waals surface area contributed by atoms with Crippen LogP contribution in [-0.4, -0.2) is 39.9 Å². The molecule has 178 valence electrons. The number of anilines is 1. The number of fused-ring (bicyclic) bond motifs is 1. The van der Waals surface area contributed by atoms with Gasteiger partial charge in [0.15, 0.2) is 11.5 Å². The number of benzene rings is 2. The Labute approximate surface area is 195 Å². The van der Waals surface area contributed by atoms with Crippen molar-refractivity contribution in [3.8, 4) is 11.5 Å². The molecule has 2 aromatic carbocycles. The monoisotopic (exact) mass is 473 g/mol. The Morgan fingerprint density at radius 2 is 1.82 bits per heavy atom. The Morgan fingerprint density at radius 3 is 2.58 bits per heavy atom. The van der Waals surface area contributed by atoms with E-state index in [9.17, 15) is 13.2 Å². The van der Waals surface area contributed by atoms with E-state index in [0.717, 1.165) is 5.56 Å². The van der Waals surface area contributed by atoms with Gasteiger partial charge in [0.1, 0.15) is 10.7 Å². The maximum Gasteiger partial charge on any atom is 0.286 e. The fourth-order valence-electron chi connectivity index (χ4n) is 3.64. The summed E-state index contributed by atoms with van der Waals surface area (Å²) in [5, 5.41) is 6.00. The highest BCUT2D eigenvalue weighted by molar-refractivity contribution is 7.90. The van der Waals surface area contributed by atoms with Crippen LogP contribution < -0.4 is 20.1 Å². The van der Waals surface area contributed by atoms with Crippen molar-refractivity contribution in [1.29, 1.82) is 0 Å². The highest BCUT2D eigenvalue weighted by Crippen LogP contribution is 2.29. The average Bonchev–Trinajstić information content (AvgIpc) is 2.75. The van der Waals surface area contributed by atoms with Crippen LogP contribution in [-0.2, 0) is 21.2 Å². The van der Waals surface area contributed by atoms with Gasteiger partial charge in [0.25, 0.3) is 10.0 Å². The molecule has 1 amide bonds. The van der Waals surface area contributed by atoms with Gasteiger partial charge in [-0.2, -0.15) is 8.42 Å². The van der Waals surface area contributed by atoms with E-state index >= 15 is 0 Å². The summed E-state index contributed by atoms with van der Waals surface area (Å²) in [4.78, 5) is 12.6. The van der Waals surface area contributed by atoms with Gasteiger partial charge in [0.2, 0.25) is 5.91 Å². The summed E-state index contributed by atoms with van der Waals surface area (Å²) in [6, 6.07) is 12.5. The van der Waals surface area contributed by atoms with Crippen LogP contribution in [0.25, 0.3) is 0 Å². The number of amides is 1. The summed E-state index contributed by atoms with van der Waals surface area (Å²) in [6.07, 6.45) is 1.29. The van der Waals surface area contributed by atoms with Crippen LogP contribution in [0.3, 0.4) is 0 Å². The average molecular weight is 474 g/mol. The SMILES string of the molecule is CCOc1ccc(CCNC(=O)C[C@@H](C)CC2=NS(=O)(=O)c3ccccc3N2)cc1OCC. The van der Waals surface area contributed by atoms with Crippen molar-refractivity contribution >= 4 is 27.5 Å². The molecular formula is C24H31N3O5S. The number of carbonyl (C=O) groups is 1. The Kier molecular flexibility index (Phi) is 8.32. The lowest BCUT2D eigenvalue weighted by Gasteiger charge is -2.20. The number of carbonyl (C=O) groups excluding carboxylic acids is 1. The van der Waals surface area contributed by atoms with Gasteiger partial charge in [-0.3, -0.25) is 4.79 Å². The fourth-order valence-corrected chi connectivity index (χ4v) is 4.80. The number of para-hydroxylation sites is 1. The third-order valence-corrected chi connectivity index (χ3v) is 6.47. The maximum atomic E-state index is 12.4. The van der Waals surface area contributed by atoms with Crippen LogP contribution in [0.2, 0.25) is 0 Å². The molecule has 2 aromatic rings. The van der Waals surface area contributed by atoms with Crippen LogP contribution in [0.15, 0.2) is 51.8 Å². The molecule has 0 spiro atoms. The molecule has 0 unspecified atom stereocenters. The summed E-state index contributed by atoms with van der Waals surface area (Å²) in [6.45, 7) is 7.35. The molecule has 33 heavy (non-hydrogen) atoms. The lowest BCUT2D eigenvalue weighted by Crippen LogP contribution is -2.29. The van der Waals surface area contributed by atoms with E-state index in [-0.39, 0.29) is 23.1 Å². The van der Waals surface area contributed by atoms with Gasteiger partial charge in [-0.15, -0.1) is 4.40 Å². The van der Waals surface area contributed by atoms with Crippen molar-refractivity contribution in [1.82, 2.24) is 5.32 Å². The van der Waals surface area contributed by atoms with Crippen molar-refractivity contribution in [3.63, 3.8) is 0 Å². The third kappa shape index (κ3) is 6.71. The quantitative estimate of drug-likeness (QED) is 0.515. The molecule has 0 radical (unpaired) electrons. The molecule has 9 heteroatoms. The number of hydrogen-bond donors (Lipinski definition) is 2. The molecule has 1 atom stereocenters. The lowest BCUT2D eigenvalue weighted by molar-refractivity contribution is -0.121. The Balaban J connectivity index is 1.49. The van der Waals surface area contributed by atoms with Gasteiger partial charge in [-0.25, -0.2) is 0 Å². The van der Waals surface area contributed by atoms with E-state index in [1.807, 2.05) is 39.0 Å². The summed E-state index contributed by atoms with van der Waals surface area (Å²) < 4.78 is 39.8. The van der Waals surface area contributed by atoms with Crippen LogP contribution in [0.5, 0.6) is 11.5 Å². The molecule has 8 nitrogen and oxygen atoms in total. The first-order valence-electron chi connectivity index (χ1n) is 11.2. The second-order valence-electron chi connectivity index (χ2n) is 7.89. The van der Waals surface area contributed by atoms with Crippen molar-refractivity contribution in [3.05, 3.63) is 48.0 Å². The van der Waals surface area contributed by atoms with Gasteiger partial charge in [-0.1, -0.05) is 25.1 Å². The van der Waals surface area contributed by atoms with E-state index in [4.69, 9.17) is 9.47 Å². The van der Waals surface area contributed by atoms with E-state index in [1.54, 1.807) is 18.2 Å². The Morgan fingerprint density at radius 1 is 1.09 bits per heavy atom. The van der Waals surface area contributed by atoms with Gasteiger partial charge in [0.05, 0.1) is 18.9 Å². The second-order valence-corrected chi connectivity index (χ2v) is 9.47. The molecule has 0 aromatic heterocycles. The standard InChI is InChI=1S/C24H31N3O5S/c1-4-31-20-11-10-18(16-21(20)32-5-2)12-13-25-24(28)15-17(3)14-23-26-19-8-6-7-9-22(19)33(29,30)27-23/h6-11,16-17H,4-5,12-15H2,1-3H3,(H,25,28)(H,26,27)/t17-/m0/s1. The first-order valence-corrected chi connectivity index (χ1v) is 12.6. The zero-order chi connectivity index (χ0) is 23.8. The van der Waals surface area contributed by atoms with Crippen molar-refractivity contribution in [2.75, 3.05) is 25.1 Å². The fraction of sp³-hybridized carbons (Fsp3) is 0.417. The van der Waals surface area contributed by atoms with E-state index < -0.39 is 10.0 Å². The molecule has 0 fully saturated rings. The van der Waals surface area contributed by atoms with E-state index in [2.05, 4.69) is 15.0 Å². The highest BCUT2D eigenvalue weighted by atomic mass is 32.2. The molecule has 0 saturated heterocycles. The summed E-state index contributed by atoms with van der Waals surface area (Å²) in [5.41, 5.74) is 1.56. The van der Waals surface area contributed by atoms with Gasteiger partial charge in [0, 0.05) is 19.4 Å². The number of nitrogens with zero attached hydrogens (tertiary/aromatic N) is 1. The number of nitrogens with one attached hydrogen (secondary N) is 2. The predicted octanol–water partition coefficient (Wildman–Crippen LogP) is 3.77. The van der Waals surface area contributed by atoms with Gasteiger partial charge in [-0.05, 0) is 56.0 Å². The van der Waals surface area contributed by atoms with Crippen molar-refractivity contribution < 1.29 is 22.7 Å². The number of ether oxygens (including phenoxy) is 2. The Bertz CT molecular complexity index is 1110. The smallest absolute Gasteiger partial charge is 0.286 e. The number of amidine groups is 1. The molecule has 2 N–H and O–H groups in total. The zero-order valence-corrected chi connectivity index (χ0v) is 20.1. The Hall–Kier alpha value is -3.07. The minimum Gasteiger partial charge on any atom is -0.490 e. The topological polar surface area (TPSA) is 106 Å². The van der Waals surface area contributed by atoms with Crippen LogP contribution >= 0.6 is 0 Å². The second kappa shape index (κ2) is 11.2. The van der Waals surface area contributed by atoms with Crippen LogP contribution in [0, 0.1) is 5.92 Å². The van der Waals surface area contributed by atoms with Gasteiger partial charge >= 0.3 is 0 Å². The third-order valence-electron chi connectivity index (χ3n) is 5.09. The number of rotatable bonds is 11. The predicted molar refractivity (Wildman–Crippen MR) is 129 cm³/mol. The normalized spacial score (nSPS) is 14.9. The molecule has 1 aliphatic heterocycles. The lowest BCUT2D eigenvalue weighted by atomic mass is 10.0. The molecule has 1 aliphatic rings. The molecule has 3 rings (SSSR count). The first kappa shape index (κ1) is 24.6. The van der Waals surface area contributed by atoms with Gasteiger partial charge < -0.3 is 20.1 Å². The van der Waals surface area contributed by atoms with Crippen molar-refractivity contribution in [2.45, 2.75) is 44.9 Å². The minimum absolute atomic E-state index is 0.0771. The highest BCUT2D eigenvalue weighted by Gasteiger charge is 2.25. The van der Waals surface area contributed by atoms with Crippen molar-refractivity contribution in [2.24, 2.45) is 10.3 Å². The molecule has 0 saturated carbocycles. The molecular weight excluding hydrogens is 442 g/mol. The molecule has 0 bridgehead atoms. The molecule has 0 aliphatic carbocycles. The summed E-state index contributed by atoms with van der Waals surface area (Å²) >= 11 is 0. The summed E-state index contributed by atoms with van der Waals surface area (Å²) in [5.74, 6) is 1.61. The minimum atomic E-state index is -3.72. The van der Waals surface area contributed by atoms with Crippen LogP contribution in [0.1, 0.15) is 39.2 Å². The van der Waals surface area contributed by atoms with Crippen LogP contribution in [0.4, 0.5) is 5.69 Å². The zero-order valence-electron chi connectivity index (χ0n) is 19.3. The largest absolute Gasteiger partial charge is 0.490 e. The maximum absolute atomic E-state index is 12.4. The van der Waals surface area contributed by atoms with E-state index in [1.165, 1.54) is 6.07 Å². The summed E-state index contributed by atoms with van der Waals surface area (Å²) in [7, 11) is -3.72. The number of hydrogen-bond acceptors (Lipinski definition) is 6. The first-order chi connectivity index (χ1) is 15.8.